The summed E-state index contributed by atoms with van der Waals surface area (Å²) in [6.07, 6.45) is -15.3. The van der Waals surface area contributed by atoms with Gasteiger partial charge in [0.25, 0.3) is 0 Å². The van der Waals surface area contributed by atoms with Gasteiger partial charge < -0.3 is 0 Å². The third-order valence-corrected chi connectivity index (χ3v) is 11.1. The number of nitriles is 2. The van der Waals surface area contributed by atoms with Crippen molar-refractivity contribution in [3.8, 4) is 56.9 Å². The molecule has 0 saturated heterocycles. The standard InChI is InChI=1S/C48H20F12N6/c49-45(50,51)27-9-1-23(2-10-27)31-17-35-37(19-33(31)25-5-13-29(14-6-25)47(55,56)57)41-43(39(35)63-21-61)66-42-38-20-34(26-7-15-30(16-8-26)48(58,59)60)32(18-36(38)40(64-22-62)44(42)65-41)24-3-11-28(12-4-24)46(52,53)54/h1-20H/b63-39+,64-40+. The molecule has 9 aromatic rings. The summed E-state index contributed by atoms with van der Waals surface area (Å²) in [6, 6.07) is 22.2. The van der Waals surface area contributed by atoms with Crippen LogP contribution in [0.4, 0.5) is 52.7 Å². The molecule has 6 nitrogen and oxygen atoms in total. The molecule has 0 saturated carbocycles. The molecule has 9 rings (SSSR count). The summed E-state index contributed by atoms with van der Waals surface area (Å²) >= 11 is 0. The van der Waals surface area contributed by atoms with Crippen LogP contribution in [0, 0.1) is 22.9 Å². The number of benzene rings is 6. The van der Waals surface area contributed by atoms with E-state index < -0.39 is 47.0 Å². The molecule has 0 unspecified atom stereocenters. The van der Waals surface area contributed by atoms with Crippen LogP contribution in [-0.2, 0) is 24.7 Å². The van der Waals surface area contributed by atoms with Crippen LogP contribution in [0.1, 0.15) is 22.3 Å². The van der Waals surface area contributed by atoms with Crippen molar-refractivity contribution in [1.29, 1.82) is 10.5 Å². The number of hydrogen-bond acceptors (Lipinski definition) is 6. The maximum absolute atomic E-state index is 13.6. The van der Waals surface area contributed by atoms with Crippen molar-refractivity contribution in [3.05, 3.63) is 154 Å². The van der Waals surface area contributed by atoms with Crippen molar-refractivity contribution >= 4 is 43.6 Å². The lowest BCUT2D eigenvalue weighted by atomic mass is 9.91. The highest BCUT2D eigenvalue weighted by atomic mass is 19.4. The second kappa shape index (κ2) is 15.3. The van der Waals surface area contributed by atoms with Gasteiger partial charge in [-0.3, -0.25) is 0 Å². The maximum atomic E-state index is 13.6. The Morgan fingerprint density at radius 2 is 0.561 bits per heavy atom. The summed E-state index contributed by atoms with van der Waals surface area (Å²) in [5, 5.41) is 20.6. The lowest BCUT2D eigenvalue weighted by molar-refractivity contribution is -0.138. The third-order valence-electron chi connectivity index (χ3n) is 11.1. The molecule has 0 fully saturated rings. The molecule has 0 radical (unpaired) electrons. The van der Waals surface area contributed by atoms with Crippen LogP contribution in [0.25, 0.3) is 88.1 Å². The van der Waals surface area contributed by atoms with E-state index in [0.717, 1.165) is 48.5 Å². The molecule has 0 spiro atoms. The fraction of sp³-hybridized carbons (Fsp3) is 0.0833. The van der Waals surface area contributed by atoms with Gasteiger partial charge in [-0.15, -0.1) is 0 Å². The Balaban J connectivity index is 1.36. The minimum atomic E-state index is -4.69. The van der Waals surface area contributed by atoms with E-state index in [2.05, 4.69) is 9.98 Å². The lowest BCUT2D eigenvalue weighted by Crippen LogP contribution is -2.04. The molecule has 326 valence electrons. The van der Waals surface area contributed by atoms with Gasteiger partial charge in [0.15, 0.2) is 0 Å². The number of aromatic nitrogens is 2. The van der Waals surface area contributed by atoms with Crippen molar-refractivity contribution < 1.29 is 52.7 Å². The smallest absolute Gasteiger partial charge is 0.241 e. The Labute approximate surface area is 362 Å². The van der Waals surface area contributed by atoms with E-state index in [1.807, 2.05) is 0 Å². The fourth-order valence-electron chi connectivity index (χ4n) is 8.02. The summed E-state index contributed by atoms with van der Waals surface area (Å²) in [6.45, 7) is 0. The first kappa shape index (κ1) is 43.1. The van der Waals surface area contributed by atoms with Crippen LogP contribution in [0.2, 0.25) is 0 Å². The molecule has 0 aliphatic heterocycles. The number of rotatable bonds is 4. The normalized spacial score (nSPS) is 13.3. The topological polar surface area (TPSA) is 98.1 Å². The van der Waals surface area contributed by atoms with Gasteiger partial charge in [0.1, 0.15) is 21.7 Å². The summed E-state index contributed by atoms with van der Waals surface area (Å²) in [4.78, 5) is 17.8. The van der Waals surface area contributed by atoms with E-state index in [4.69, 9.17) is 9.97 Å². The van der Waals surface area contributed by atoms with Gasteiger partial charge in [0.05, 0.1) is 33.3 Å². The lowest BCUT2D eigenvalue weighted by Gasteiger charge is -2.14. The quantitative estimate of drug-likeness (QED) is 0.130. The predicted molar refractivity (Wildman–Crippen MR) is 219 cm³/mol. The average molecular weight is 909 g/mol. The highest BCUT2D eigenvalue weighted by Crippen LogP contribution is 2.43. The van der Waals surface area contributed by atoms with Gasteiger partial charge in [0, 0.05) is 21.5 Å². The number of alkyl halides is 12. The molecular formula is C48H20F12N6. The Kier molecular flexibility index (Phi) is 9.98. The zero-order valence-electron chi connectivity index (χ0n) is 32.8. The number of hydrogen-bond donors (Lipinski definition) is 0. The molecule has 66 heavy (non-hydrogen) atoms. The summed E-state index contributed by atoms with van der Waals surface area (Å²) < 4.78 is 163. The second-order valence-electron chi connectivity index (χ2n) is 14.9. The maximum Gasteiger partial charge on any atom is 0.416 e. The molecule has 0 aliphatic rings. The van der Waals surface area contributed by atoms with Crippen LogP contribution in [0.3, 0.4) is 0 Å². The van der Waals surface area contributed by atoms with E-state index in [-0.39, 0.29) is 98.8 Å². The summed E-state index contributed by atoms with van der Waals surface area (Å²) in [7, 11) is 0. The molecule has 8 aromatic carbocycles. The first-order chi connectivity index (χ1) is 31.1. The van der Waals surface area contributed by atoms with Gasteiger partial charge in [-0.05, 0) is 117 Å². The van der Waals surface area contributed by atoms with E-state index in [1.54, 1.807) is 12.4 Å². The van der Waals surface area contributed by atoms with E-state index in [1.165, 1.54) is 72.8 Å². The van der Waals surface area contributed by atoms with Crippen molar-refractivity contribution in [2.45, 2.75) is 24.7 Å². The molecule has 0 aliphatic carbocycles. The molecule has 0 amide bonds. The molecular weight excluding hydrogens is 889 g/mol. The number of nitrogens with zero attached hydrogens (tertiary/aromatic N) is 6. The van der Waals surface area contributed by atoms with Crippen molar-refractivity contribution in [2.75, 3.05) is 0 Å². The van der Waals surface area contributed by atoms with Crippen LogP contribution in [-0.4, -0.2) is 9.97 Å². The third kappa shape index (κ3) is 7.49. The molecule has 0 atom stereocenters. The van der Waals surface area contributed by atoms with E-state index in [9.17, 15) is 63.2 Å². The van der Waals surface area contributed by atoms with Gasteiger partial charge in [-0.1, -0.05) is 48.5 Å². The van der Waals surface area contributed by atoms with Crippen molar-refractivity contribution in [3.63, 3.8) is 0 Å². The van der Waals surface area contributed by atoms with Crippen LogP contribution in [0.15, 0.2) is 131 Å². The van der Waals surface area contributed by atoms with Crippen LogP contribution >= 0.6 is 0 Å². The molecule has 1 aromatic heterocycles. The fourth-order valence-corrected chi connectivity index (χ4v) is 8.02. The highest BCUT2D eigenvalue weighted by Gasteiger charge is 2.33. The largest absolute Gasteiger partial charge is 0.416 e. The van der Waals surface area contributed by atoms with Gasteiger partial charge >= 0.3 is 24.7 Å². The van der Waals surface area contributed by atoms with Crippen molar-refractivity contribution in [1.82, 2.24) is 9.97 Å². The molecule has 18 heteroatoms. The van der Waals surface area contributed by atoms with Gasteiger partial charge in [0.2, 0.25) is 12.4 Å². The Morgan fingerprint density at radius 1 is 0.333 bits per heavy atom. The zero-order valence-corrected chi connectivity index (χ0v) is 32.8. The number of halogens is 12. The van der Waals surface area contributed by atoms with E-state index in [0.29, 0.717) is 0 Å². The van der Waals surface area contributed by atoms with E-state index >= 15 is 0 Å². The minimum Gasteiger partial charge on any atom is -0.241 e. The first-order valence-corrected chi connectivity index (χ1v) is 19.1. The number of fused-ring (bicyclic) bond motifs is 6. The Bertz CT molecular complexity index is 3380. The predicted octanol–water partition coefficient (Wildman–Crippen LogP) is 13.5. The Morgan fingerprint density at radius 3 is 0.773 bits per heavy atom. The first-order valence-electron chi connectivity index (χ1n) is 19.1. The summed E-state index contributed by atoms with van der Waals surface area (Å²) in [5.41, 5.74) is -1.91. The zero-order chi connectivity index (χ0) is 47.1. The SMILES string of the molecule is N#C/N=c1\c2cc(-c3ccc(C(F)(F)F)cc3)c(-c3ccc(C(F)(F)F)cc3)cc2c2nc3/c(=N/C#N)c4cc(-c5ccc(C(F)(F)F)cc5)c(-c5ccc(C(F)(F)F)cc5)cc4c3nc12. The van der Waals surface area contributed by atoms with Gasteiger partial charge in [-0.2, -0.15) is 73.2 Å². The Hall–Kier alpha value is -8.12. The van der Waals surface area contributed by atoms with Gasteiger partial charge in [-0.25, -0.2) is 9.97 Å². The average Bonchev–Trinajstić information content (AvgIpc) is 3.73. The second-order valence-corrected chi connectivity index (χ2v) is 14.9. The minimum absolute atomic E-state index is 0.000271. The van der Waals surface area contributed by atoms with Crippen LogP contribution in [0.5, 0.6) is 0 Å². The van der Waals surface area contributed by atoms with Crippen molar-refractivity contribution in [2.24, 2.45) is 9.98 Å². The highest BCUT2D eigenvalue weighted by molar-refractivity contribution is 6.17. The molecule has 0 N–H and O–H groups in total. The van der Waals surface area contributed by atoms with Crippen LogP contribution < -0.4 is 10.7 Å². The summed E-state index contributed by atoms with van der Waals surface area (Å²) in [5.74, 6) is 0. The molecule has 0 bridgehead atoms. The monoisotopic (exact) mass is 908 g/mol. The molecule has 1 heterocycles.